The van der Waals surface area contributed by atoms with Crippen molar-refractivity contribution in [3.05, 3.63) is 36.4 Å². The molecule has 136 valence electrons. The van der Waals surface area contributed by atoms with Gasteiger partial charge in [0.25, 0.3) is 5.22 Å². The second-order valence-electron chi connectivity index (χ2n) is 5.31. The van der Waals surface area contributed by atoms with E-state index in [0.717, 1.165) is 11.1 Å². The number of hydrogen-bond donors (Lipinski definition) is 1. The van der Waals surface area contributed by atoms with Crippen LogP contribution in [0, 0.1) is 0 Å². The highest BCUT2D eigenvalue weighted by atomic mass is 32.1. The van der Waals surface area contributed by atoms with Gasteiger partial charge >= 0.3 is 0 Å². The van der Waals surface area contributed by atoms with Gasteiger partial charge in [0, 0.05) is 11.1 Å². The molecule has 2 aromatic carbocycles. The Kier molecular flexibility index (Phi) is 5.27. The van der Waals surface area contributed by atoms with Crippen molar-refractivity contribution >= 4 is 12.6 Å². The Morgan fingerprint density at radius 3 is 1.77 bits per heavy atom. The molecular formula is C19H19NO5S. The lowest BCUT2D eigenvalue weighted by Gasteiger charge is -2.10. The first-order valence-corrected chi connectivity index (χ1v) is 8.20. The maximum atomic E-state index is 5.74. The molecule has 26 heavy (non-hydrogen) atoms. The summed E-state index contributed by atoms with van der Waals surface area (Å²) in [4.78, 5) is 4.42. The van der Waals surface area contributed by atoms with Crippen LogP contribution >= 0.6 is 12.6 Å². The van der Waals surface area contributed by atoms with Gasteiger partial charge in [0.1, 0.15) is 5.69 Å². The molecule has 6 nitrogen and oxygen atoms in total. The Morgan fingerprint density at radius 2 is 1.23 bits per heavy atom. The maximum Gasteiger partial charge on any atom is 0.253 e. The summed E-state index contributed by atoms with van der Waals surface area (Å²) in [5.74, 6) is 3.04. The summed E-state index contributed by atoms with van der Waals surface area (Å²) >= 11 is 4.26. The van der Waals surface area contributed by atoms with Crippen LogP contribution in [0.25, 0.3) is 22.6 Å². The lowest BCUT2D eigenvalue weighted by Crippen LogP contribution is -1.92. The lowest BCUT2D eigenvalue weighted by molar-refractivity contribution is 0.355. The van der Waals surface area contributed by atoms with E-state index < -0.39 is 0 Å². The molecule has 0 aliphatic carbocycles. The van der Waals surface area contributed by atoms with Crippen LogP contribution in [-0.2, 0) is 0 Å². The first-order chi connectivity index (χ1) is 12.6. The first-order valence-electron chi connectivity index (χ1n) is 7.75. The van der Waals surface area contributed by atoms with Crippen molar-refractivity contribution in [3.63, 3.8) is 0 Å². The van der Waals surface area contributed by atoms with E-state index in [0.29, 0.717) is 34.5 Å². The summed E-state index contributed by atoms with van der Waals surface area (Å²) in [6.45, 7) is 0. The fourth-order valence-corrected chi connectivity index (χ4v) is 2.85. The van der Waals surface area contributed by atoms with Crippen molar-refractivity contribution in [2.45, 2.75) is 5.22 Å². The fraction of sp³-hybridized carbons (Fsp3) is 0.211. The normalized spacial score (nSPS) is 10.5. The van der Waals surface area contributed by atoms with Crippen LogP contribution in [0.4, 0.5) is 0 Å². The zero-order valence-corrected chi connectivity index (χ0v) is 15.8. The highest BCUT2D eigenvalue weighted by Gasteiger charge is 2.19. The van der Waals surface area contributed by atoms with E-state index >= 15 is 0 Å². The number of hydrogen-bond acceptors (Lipinski definition) is 7. The van der Waals surface area contributed by atoms with Crippen LogP contribution in [0.3, 0.4) is 0 Å². The Labute approximate surface area is 157 Å². The van der Waals surface area contributed by atoms with Crippen LogP contribution in [0.15, 0.2) is 46.0 Å². The molecule has 0 spiro atoms. The van der Waals surface area contributed by atoms with Crippen molar-refractivity contribution in [1.29, 1.82) is 0 Å². The summed E-state index contributed by atoms with van der Waals surface area (Å²) in [5, 5.41) is 0.263. The van der Waals surface area contributed by atoms with Gasteiger partial charge in [-0.25, -0.2) is 4.98 Å². The van der Waals surface area contributed by atoms with Gasteiger partial charge in [-0.05, 0) is 36.4 Å². The highest BCUT2D eigenvalue weighted by Crippen LogP contribution is 2.40. The van der Waals surface area contributed by atoms with E-state index in [1.54, 1.807) is 28.4 Å². The van der Waals surface area contributed by atoms with Gasteiger partial charge in [-0.3, -0.25) is 0 Å². The first kappa shape index (κ1) is 18.0. The van der Waals surface area contributed by atoms with Crippen molar-refractivity contribution in [2.24, 2.45) is 0 Å². The monoisotopic (exact) mass is 373 g/mol. The molecule has 0 radical (unpaired) electrons. The number of oxazole rings is 1. The minimum Gasteiger partial charge on any atom is -0.493 e. The molecule has 0 N–H and O–H groups in total. The van der Waals surface area contributed by atoms with E-state index in [9.17, 15) is 0 Å². The third kappa shape index (κ3) is 3.30. The van der Waals surface area contributed by atoms with E-state index in [1.807, 2.05) is 36.4 Å². The van der Waals surface area contributed by atoms with Gasteiger partial charge in [-0.15, -0.1) is 0 Å². The van der Waals surface area contributed by atoms with Crippen LogP contribution < -0.4 is 18.9 Å². The van der Waals surface area contributed by atoms with Crippen LogP contribution in [0.1, 0.15) is 0 Å². The minimum absolute atomic E-state index is 0.263. The Hall–Kier alpha value is -2.80. The zero-order chi connectivity index (χ0) is 18.7. The maximum absolute atomic E-state index is 5.74. The largest absolute Gasteiger partial charge is 0.493 e. The Balaban J connectivity index is 2.12. The predicted octanol–water partition coefficient (Wildman–Crippen LogP) is 4.33. The topological polar surface area (TPSA) is 63.0 Å². The molecule has 3 rings (SSSR count). The van der Waals surface area contributed by atoms with E-state index in [2.05, 4.69) is 17.6 Å². The molecule has 3 aromatic rings. The molecule has 0 amide bonds. The molecule has 0 saturated heterocycles. The molecule has 0 aliphatic heterocycles. The Morgan fingerprint density at radius 1 is 0.731 bits per heavy atom. The summed E-state index contributed by atoms with van der Waals surface area (Å²) in [6.07, 6.45) is 0. The molecule has 0 atom stereocenters. The molecule has 1 aromatic heterocycles. The van der Waals surface area contributed by atoms with Crippen molar-refractivity contribution in [1.82, 2.24) is 4.98 Å². The standard InChI is InChI=1S/C19H19NO5S/c1-21-13-7-5-11(9-15(13)23-3)17-18(25-19(26)20-17)12-6-8-14(22-2)16(10-12)24-4/h5-10H,1-4H3,(H,20,26). The molecule has 0 saturated carbocycles. The van der Waals surface area contributed by atoms with Crippen molar-refractivity contribution in [2.75, 3.05) is 28.4 Å². The van der Waals surface area contributed by atoms with E-state index in [1.165, 1.54) is 0 Å². The number of rotatable bonds is 6. The number of thiol groups is 1. The summed E-state index contributed by atoms with van der Waals surface area (Å²) < 4.78 is 27.1. The number of benzene rings is 2. The van der Waals surface area contributed by atoms with Crippen LogP contribution in [0.5, 0.6) is 23.0 Å². The van der Waals surface area contributed by atoms with Crippen molar-refractivity contribution < 1.29 is 23.4 Å². The zero-order valence-electron chi connectivity index (χ0n) is 14.9. The van der Waals surface area contributed by atoms with Gasteiger partial charge in [0.05, 0.1) is 28.4 Å². The molecule has 7 heteroatoms. The van der Waals surface area contributed by atoms with Crippen molar-refractivity contribution in [3.8, 4) is 45.6 Å². The van der Waals surface area contributed by atoms with Gasteiger partial charge in [-0.2, -0.15) is 0 Å². The molecule has 0 unspecified atom stereocenters. The number of nitrogens with zero attached hydrogens (tertiary/aromatic N) is 1. The van der Waals surface area contributed by atoms with Crippen LogP contribution in [0.2, 0.25) is 0 Å². The van der Waals surface area contributed by atoms with Gasteiger partial charge in [0.15, 0.2) is 28.8 Å². The second-order valence-corrected chi connectivity index (χ2v) is 5.70. The average molecular weight is 373 g/mol. The quantitative estimate of drug-likeness (QED) is 0.649. The highest BCUT2D eigenvalue weighted by molar-refractivity contribution is 7.80. The lowest BCUT2D eigenvalue weighted by atomic mass is 10.0. The average Bonchev–Trinajstić information content (AvgIpc) is 3.08. The van der Waals surface area contributed by atoms with E-state index in [-0.39, 0.29) is 5.22 Å². The Bertz CT molecular complexity index is 849. The molecule has 0 aliphatic rings. The summed E-state index contributed by atoms with van der Waals surface area (Å²) in [6, 6.07) is 11.1. The van der Waals surface area contributed by atoms with E-state index in [4.69, 9.17) is 23.4 Å². The third-order valence-corrected chi connectivity index (χ3v) is 4.11. The smallest absolute Gasteiger partial charge is 0.253 e. The summed E-state index contributed by atoms with van der Waals surface area (Å²) in [7, 11) is 6.35. The number of ether oxygens (including phenoxy) is 4. The minimum atomic E-state index is 0.263. The number of methoxy groups -OCH3 is 4. The SMILES string of the molecule is COc1ccc(-c2nc(S)oc2-c2ccc(OC)c(OC)c2)cc1OC. The van der Waals surface area contributed by atoms with Gasteiger partial charge < -0.3 is 23.4 Å². The number of aromatic nitrogens is 1. The van der Waals surface area contributed by atoms with Gasteiger partial charge in [0.2, 0.25) is 0 Å². The second kappa shape index (κ2) is 7.61. The summed E-state index contributed by atoms with van der Waals surface area (Å²) in [5.41, 5.74) is 2.25. The molecular weight excluding hydrogens is 354 g/mol. The molecule has 1 heterocycles. The predicted molar refractivity (Wildman–Crippen MR) is 101 cm³/mol. The molecule has 0 bridgehead atoms. The third-order valence-electron chi connectivity index (χ3n) is 3.92. The molecule has 0 fully saturated rings. The fourth-order valence-electron chi connectivity index (χ4n) is 2.66. The van der Waals surface area contributed by atoms with Crippen LogP contribution in [-0.4, -0.2) is 33.4 Å². The van der Waals surface area contributed by atoms with Gasteiger partial charge in [-0.1, -0.05) is 12.6 Å².